The molecule has 1 aliphatic carbocycles. The molecule has 0 spiro atoms. The van der Waals surface area contributed by atoms with Crippen molar-refractivity contribution in [2.75, 3.05) is 0 Å². The third kappa shape index (κ3) is 1.76. The van der Waals surface area contributed by atoms with E-state index in [1.165, 1.54) is 0 Å². The number of aromatic carboxylic acids is 1. The molecule has 1 atom stereocenters. The first-order valence-electron chi connectivity index (χ1n) is 5.30. The van der Waals surface area contributed by atoms with Crippen LogP contribution in [0.15, 0.2) is 4.52 Å². The summed E-state index contributed by atoms with van der Waals surface area (Å²) in [4.78, 5) is 10.9. The van der Waals surface area contributed by atoms with E-state index in [4.69, 9.17) is 9.63 Å². The first-order valence-corrected chi connectivity index (χ1v) is 5.30. The number of fused-ring (bicyclic) bond motifs is 1. The third-order valence-corrected chi connectivity index (χ3v) is 3.22. The Morgan fingerprint density at radius 3 is 2.93 bits per heavy atom. The highest BCUT2D eigenvalue weighted by Gasteiger charge is 2.29. The van der Waals surface area contributed by atoms with Gasteiger partial charge >= 0.3 is 5.97 Å². The highest BCUT2D eigenvalue weighted by atomic mass is 16.5. The minimum atomic E-state index is -0.982. The zero-order valence-corrected chi connectivity index (χ0v) is 8.99. The summed E-state index contributed by atoms with van der Waals surface area (Å²) in [5, 5.41) is 12.5. The van der Waals surface area contributed by atoms with Crippen molar-refractivity contribution >= 4 is 5.97 Å². The number of carboxylic acid groups (broad SMARTS) is 1. The minimum absolute atomic E-state index is 0.107. The lowest BCUT2D eigenvalue weighted by Crippen LogP contribution is -2.19. The van der Waals surface area contributed by atoms with E-state index in [1.807, 2.05) is 0 Å². The maximum atomic E-state index is 10.9. The van der Waals surface area contributed by atoms with Gasteiger partial charge in [-0.15, -0.1) is 0 Å². The number of carbonyl (C=O) groups is 1. The summed E-state index contributed by atoms with van der Waals surface area (Å²) in [6, 6.07) is 0. The van der Waals surface area contributed by atoms with E-state index in [0.717, 1.165) is 30.6 Å². The van der Waals surface area contributed by atoms with E-state index in [-0.39, 0.29) is 5.69 Å². The zero-order valence-electron chi connectivity index (χ0n) is 8.99. The largest absolute Gasteiger partial charge is 0.476 e. The van der Waals surface area contributed by atoms with Gasteiger partial charge in [0.2, 0.25) is 0 Å². The molecule has 1 aliphatic rings. The van der Waals surface area contributed by atoms with E-state index in [9.17, 15) is 4.79 Å². The average Bonchev–Trinajstić information content (AvgIpc) is 2.59. The lowest BCUT2D eigenvalue weighted by Gasteiger charge is -2.24. The summed E-state index contributed by atoms with van der Waals surface area (Å²) in [5.74, 6) is 0.915. The van der Waals surface area contributed by atoms with E-state index < -0.39 is 5.97 Å². The van der Waals surface area contributed by atoms with Gasteiger partial charge in [-0.1, -0.05) is 19.0 Å². The number of nitrogens with zero attached hydrogens (tertiary/aromatic N) is 1. The maximum Gasteiger partial charge on any atom is 0.358 e. The Hall–Kier alpha value is -1.32. The highest BCUT2D eigenvalue weighted by Crippen LogP contribution is 2.31. The molecule has 0 saturated heterocycles. The van der Waals surface area contributed by atoms with Crippen molar-refractivity contribution in [3.8, 4) is 0 Å². The van der Waals surface area contributed by atoms with Crippen LogP contribution in [0.5, 0.6) is 0 Å². The summed E-state index contributed by atoms with van der Waals surface area (Å²) < 4.78 is 5.05. The minimum Gasteiger partial charge on any atom is -0.476 e. The predicted octanol–water partition coefficient (Wildman–Crippen LogP) is 2.13. The van der Waals surface area contributed by atoms with Crippen molar-refractivity contribution in [1.82, 2.24) is 5.16 Å². The number of hydrogen-bond donors (Lipinski definition) is 1. The molecule has 0 radical (unpaired) electrons. The zero-order chi connectivity index (χ0) is 11.0. The molecule has 4 nitrogen and oxygen atoms in total. The van der Waals surface area contributed by atoms with Crippen LogP contribution in [-0.2, 0) is 12.8 Å². The number of rotatable bonds is 2. The fraction of sp³-hybridized carbons (Fsp3) is 0.636. The van der Waals surface area contributed by atoms with Gasteiger partial charge in [0.25, 0.3) is 0 Å². The molecule has 4 heteroatoms. The molecule has 1 aromatic rings. The Kier molecular flexibility index (Phi) is 2.50. The van der Waals surface area contributed by atoms with Crippen LogP contribution in [0.4, 0.5) is 0 Å². The van der Waals surface area contributed by atoms with E-state index in [0.29, 0.717) is 11.8 Å². The summed E-state index contributed by atoms with van der Waals surface area (Å²) in [5.41, 5.74) is 0.919. The molecule has 0 aliphatic heterocycles. The molecule has 1 aromatic heterocycles. The summed E-state index contributed by atoms with van der Waals surface area (Å²) >= 11 is 0. The fourth-order valence-electron chi connectivity index (χ4n) is 2.17. The van der Waals surface area contributed by atoms with Crippen LogP contribution in [-0.4, -0.2) is 16.2 Å². The molecule has 0 fully saturated rings. The van der Waals surface area contributed by atoms with Crippen LogP contribution in [0.1, 0.15) is 42.1 Å². The number of hydrogen-bond acceptors (Lipinski definition) is 3. The van der Waals surface area contributed by atoms with Crippen molar-refractivity contribution in [2.24, 2.45) is 11.8 Å². The molecule has 0 saturated carbocycles. The maximum absolute atomic E-state index is 10.9. The first-order chi connectivity index (χ1) is 7.09. The van der Waals surface area contributed by atoms with Gasteiger partial charge in [-0.25, -0.2) is 4.79 Å². The third-order valence-electron chi connectivity index (χ3n) is 3.22. The number of aromatic nitrogens is 1. The highest BCUT2D eigenvalue weighted by molar-refractivity contribution is 5.87. The lowest BCUT2D eigenvalue weighted by atomic mass is 9.80. The monoisotopic (exact) mass is 209 g/mol. The molecule has 82 valence electrons. The van der Waals surface area contributed by atoms with Crippen LogP contribution in [0.25, 0.3) is 0 Å². The van der Waals surface area contributed by atoms with E-state index >= 15 is 0 Å². The quantitative estimate of drug-likeness (QED) is 0.810. The van der Waals surface area contributed by atoms with Gasteiger partial charge in [0, 0.05) is 12.0 Å². The summed E-state index contributed by atoms with van der Waals surface area (Å²) in [6.07, 6.45) is 2.68. The topological polar surface area (TPSA) is 63.3 Å². The average molecular weight is 209 g/mol. The van der Waals surface area contributed by atoms with Crippen LogP contribution >= 0.6 is 0 Å². The Labute approximate surface area is 88.3 Å². The van der Waals surface area contributed by atoms with Gasteiger partial charge in [0.1, 0.15) is 5.76 Å². The van der Waals surface area contributed by atoms with Crippen LogP contribution in [0.3, 0.4) is 0 Å². The SMILES string of the molecule is CC(C)C1CCc2onc(C(=O)O)c2C1. The second-order valence-corrected chi connectivity index (χ2v) is 4.48. The van der Waals surface area contributed by atoms with Crippen molar-refractivity contribution in [3.05, 3.63) is 17.0 Å². The molecule has 2 rings (SSSR count). The molecule has 0 aromatic carbocycles. The molecule has 1 N–H and O–H groups in total. The molecular weight excluding hydrogens is 194 g/mol. The fourth-order valence-corrected chi connectivity index (χ4v) is 2.17. The van der Waals surface area contributed by atoms with Gasteiger partial charge in [0.15, 0.2) is 5.69 Å². The predicted molar refractivity (Wildman–Crippen MR) is 53.8 cm³/mol. The van der Waals surface area contributed by atoms with Gasteiger partial charge in [-0.05, 0) is 24.7 Å². The summed E-state index contributed by atoms with van der Waals surface area (Å²) in [7, 11) is 0. The van der Waals surface area contributed by atoms with Crippen molar-refractivity contribution in [3.63, 3.8) is 0 Å². The van der Waals surface area contributed by atoms with Crippen LogP contribution in [0, 0.1) is 11.8 Å². The molecular formula is C11H15NO3. The van der Waals surface area contributed by atoms with Crippen molar-refractivity contribution < 1.29 is 14.4 Å². The molecule has 0 amide bonds. The summed E-state index contributed by atoms with van der Waals surface area (Å²) in [6.45, 7) is 4.34. The normalized spacial score (nSPS) is 20.3. The Bertz CT molecular complexity index is 381. The van der Waals surface area contributed by atoms with E-state index in [1.54, 1.807) is 0 Å². The first kappa shape index (κ1) is 10.2. The Morgan fingerprint density at radius 2 is 2.33 bits per heavy atom. The van der Waals surface area contributed by atoms with Gasteiger partial charge in [0.05, 0.1) is 0 Å². The van der Waals surface area contributed by atoms with Crippen molar-refractivity contribution in [1.29, 1.82) is 0 Å². The van der Waals surface area contributed by atoms with Crippen LogP contribution in [0.2, 0.25) is 0 Å². The van der Waals surface area contributed by atoms with Crippen LogP contribution < -0.4 is 0 Å². The number of carboxylic acids is 1. The van der Waals surface area contributed by atoms with E-state index in [2.05, 4.69) is 19.0 Å². The van der Waals surface area contributed by atoms with Gasteiger partial charge < -0.3 is 9.63 Å². The van der Waals surface area contributed by atoms with Gasteiger partial charge in [-0.2, -0.15) is 0 Å². The van der Waals surface area contributed by atoms with Crippen molar-refractivity contribution in [2.45, 2.75) is 33.1 Å². The Morgan fingerprint density at radius 1 is 1.60 bits per heavy atom. The molecule has 1 unspecified atom stereocenters. The lowest BCUT2D eigenvalue weighted by molar-refractivity contribution is 0.0684. The smallest absolute Gasteiger partial charge is 0.358 e. The molecule has 1 heterocycles. The second kappa shape index (κ2) is 3.68. The Balaban J connectivity index is 2.30. The van der Waals surface area contributed by atoms with Gasteiger partial charge in [-0.3, -0.25) is 0 Å². The molecule has 15 heavy (non-hydrogen) atoms. The number of aryl methyl sites for hydroxylation is 1. The molecule has 0 bridgehead atoms. The second-order valence-electron chi connectivity index (χ2n) is 4.48. The standard InChI is InChI=1S/C11H15NO3/c1-6(2)7-3-4-9-8(5-7)10(11(13)14)12-15-9/h6-7H,3-5H2,1-2H3,(H,13,14).